The molecule has 0 aromatic heterocycles. The Hall–Kier alpha value is -1.35. The third kappa shape index (κ3) is 2.47. The molecular weight excluding hydrogens is 293 g/mol. The second-order valence-corrected chi connectivity index (χ2v) is 5.45. The first kappa shape index (κ1) is 15.0. The molecule has 0 spiro atoms. The molecule has 0 saturated carbocycles. The molecule has 0 heterocycles. The minimum atomic E-state index is -0.117. The quantitative estimate of drug-likeness (QED) is 0.594. The van der Waals surface area contributed by atoms with Gasteiger partial charge in [0.2, 0.25) is 0 Å². The predicted octanol–water partition coefficient (Wildman–Crippen LogP) is 4.68. The molecule has 0 radical (unpaired) electrons. The maximum absolute atomic E-state index is 12.5. The molecule has 20 heavy (non-hydrogen) atoms. The molecule has 2 aromatic rings. The van der Waals surface area contributed by atoms with Gasteiger partial charge in [-0.25, -0.2) is 4.79 Å². The van der Waals surface area contributed by atoms with Gasteiger partial charge in [0.15, 0.2) is 5.69 Å². The Labute approximate surface area is 129 Å². The third-order valence-corrected chi connectivity index (χ3v) is 4.06. The molecule has 0 aliphatic heterocycles. The van der Waals surface area contributed by atoms with Crippen LogP contribution in [0.5, 0.6) is 0 Å². The summed E-state index contributed by atoms with van der Waals surface area (Å²) in [5, 5.41) is 0.565. The predicted molar refractivity (Wildman–Crippen MR) is 85.7 cm³/mol. The van der Waals surface area contributed by atoms with E-state index in [1.54, 1.807) is 6.07 Å². The molecule has 4 heteroatoms. The molecule has 0 N–H and O–H groups in total. The summed E-state index contributed by atoms with van der Waals surface area (Å²) in [6, 6.07) is 15.2. The summed E-state index contributed by atoms with van der Waals surface area (Å²) in [4.78, 5) is 12.5. The Morgan fingerprint density at radius 3 is 2.30 bits per heavy atom. The summed E-state index contributed by atoms with van der Waals surface area (Å²) in [6.07, 6.45) is 0. The standard InChI is InChI=1S/C16H16Cl2NO/c1-12-7-6-10-14(18)16(12)19(2,15(20)11-17)13-8-4-3-5-9-13/h3-10H,11H2,1-2H3/q+1. The van der Waals surface area contributed by atoms with Gasteiger partial charge in [-0.2, -0.15) is 4.48 Å². The second kappa shape index (κ2) is 5.96. The van der Waals surface area contributed by atoms with Crippen LogP contribution in [0.3, 0.4) is 0 Å². The van der Waals surface area contributed by atoms with E-state index in [4.69, 9.17) is 23.2 Å². The van der Waals surface area contributed by atoms with Gasteiger partial charge in [0.1, 0.15) is 16.6 Å². The summed E-state index contributed by atoms with van der Waals surface area (Å²) in [7, 11) is 1.83. The van der Waals surface area contributed by atoms with Crippen LogP contribution in [0.1, 0.15) is 5.56 Å². The van der Waals surface area contributed by atoms with Crippen molar-refractivity contribution in [3.05, 3.63) is 59.1 Å². The normalized spacial score (nSPS) is 13.8. The molecule has 0 saturated heterocycles. The Morgan fingerprint density at radius 2 is 1.75 bits per heavy atom. The lowest BCUT2D eigenvalue weighted by Crippen LogP contribution is -2.47. The molecule has 0 aliphatic rings. The van der Waals surface area contributed by atoms with Gasteiger partial charge >= 0.3 is 5.91 Å². The van der Waals surface area contributed by atoms with Gasteiger partial charge in [0.25, 0.3) is 0 Å². The van der Waals surface area contributed by atoms with Crippen LogP contribution in [0.4, 0.5) is 11.4 Å². The Bertz CT molecular complexity index is 607. The highest BCUT2D eigenvalue weighted by molar-refractivity contribution is 6.35. The van der Waals surface area contributed by atoms with Crippen molar-refractivity contribution in [2.24, 2.45) is 0 Å². The van der Waals surface area contributed by atoms with E-state index in [1.165, 1.54) is 0 Å². The van der Waals surface area contributed by atoms with E-state index in [0.717, 1.165) is 16.9 Å². The highest BCUT2D eigenvalue weighted by atomic mass is 35.5. The van der Waals surface area contributed by atoms with E-state index in [9.17, 15) is 4.79 Å². The molecule has 104 valence electrons. The molecule has 0 aliphatic carbocycles. The van der Waals surface area contributed by atoms with Crippen molar-refractivity contribution in [1.29, 1.82) is 0 Å². The molecule has 2 aromatic carbocycles. The zero-order chi connectivity index (χ0) is 14.8. The summed E-state index contributed by atoms with van der Waals surface area (Å²) in [5.74, 6) is -0.190. The lowest BCUT2D eigenvalue weighted by atomic mass is 10.1. The zero-order valence-electron chi connectivity index (χ0n) is 11.4. The smallest absolute Gasteiger partial charge is 0.229 e. The Kier molecular flexibility index (Phi) is 4.48. The average molecular weight is 309 g/mol. The van der Waals surface area contributed by atoms with Gasteiger partial charge in [-0.1, -0.05) is 41.9 Å². The van der Waals surface area contributed by atoms with E-state index in [-0.39, 0.29) is 16.3 Å². The van der Waals surface area contributed by atoms with Crippen LogP contribution < -0.4 is 4.48 Å². The Morgan fingerprint density at radius 1 is 1.10 bits per heavy atom. The summed E-state index contributed by atoms with van der Waals surface area (Å²) in [5.41, 5.74) is 2.57. The van der Waals surface area contributed by atoms with Gasteiger partial charge in [-0.3, -0.25) is 0 Å². The van der Waals surface area contributed by atoms with Crippen molar-refractivity contribution < 1.29 is 4.79 Å². The van der Waals surface area contributed by atoms with Gasteiger partial charge in [-0.15, -0.1) is 11.6 Å². The number of quaternary nitrogens is 1. The summed E-state index contributed by atoms with van der Waals surface area (Å²) in [6.45, 7) is 1.95. The number of benzene rings is 2. The maximum atomic E-state index is 12.5. The second-order valence-electron chi connectivity index (χ2n) is 4.77. The van der Waals surface area contributed by atoms with Crippen molar-refractivity contribution in [2.45, 2.75) is 6.92 Å². The number of nitrogens with zero attached hydrogens (tertiary/aromatic N) is 1. The first-order valence-electron chi connectivity index (χ1n) is 6.29. The SMILES string of the molecule is Cc1cccc(Cl)c1[N+](C)(C(=O)CCl)c1ccccc1. The maximum Gasteiger partial charge on any atom is 0.338 e. The molecule has 1 amide bonds. The molecule has 1 atom stereocenters. The molecule has 2 rings (SSSR count). The number of rotatable bonds is 3. The third-order valence-electron chi connectivity index (χ3n) is 3.52. The van der Waals surface area contributed by atoms with E-state index < -0.39 is 0 Å². The van der Waals surface area contributed by atoms with E-state index in [2.05, 4.69) is 0 Å². The first-order chi connectivity index (χ1) is 9.51. The van der Waals surface area contributed by atoms with Crippen LogP contribution in [0.15, 0.2) is 48.5 Å². The first-order valence-corrected chi connectivity index (χ1v) is 7.20. The summed E-state index contributed by atoms with van der Waals surface area (Å²) < 4.78 is -0.0319. The highest BCUT2D eigenvalue weighted by Gasteiger charge is 2.39. The van der Waals surface area contributed by atoms with Crippen molar-refractivity contribution in [1.82, 2.24) is 4.48 Å². The van der Waals surface area contributed by atoms with Crippen LogP contribution >= 0.6 is 23.2 Å². The van der Waals surface area contributed by atoms with Crippen molar-refractivity contribution in [3.63, 3.8) is 0 Å². The molecule has 0 fully saturated rings. The minimum absolute atomic E-state index is 0.0319. The number of carbonyl (C=O) groups is 1. The van der Waals surface area contributed by atoms with Gasteiger partial charge in [0, 0.05) is 17.7 Å². The topological polar surface area (TPSA) is 17.1 Å². The average Bonchev–Trinajstić information content (AvgIpc) is 2.46. The number of aryl methyl sites for hydroxylation is 1. The molecule has 1 unspecified atom stereocenters. The fourth-order valence-corrected chi connectivity index (χ4v) is 3.06. The monoisotopic (exact) mass is 308 g/mol. The number of halogens is 2. The fourth-order valence-electron chi connectivity index (χ4n) is 2.43. The lowest BCUT2D eigenvalue weighted by molar-refractivity contribution is -0.124. The zero-order valence-corrected chi connectivity index (χ0v) is 12.9. The molecule has 0 bridgehead atoms. The number of para-hydroxylation sites is 2. The van der Waals surface area contributed by atoms with Crippen LogP contribution in [0, 0.1) is 6.92 Å². The number of alkyl halides is 1. The van der Waals surface area contributed by atoms with Gasteiger partial charge < -0.3 is 0 Å². The number of carbonyl (C=O) groups excluding carboxylic acids is 1. The van der Waals surface area contributed by atoms with Crippen LogP contribution in [-0.4, -0.2) is 18.8 Å². The van der Waals surface area contributed by atoms with Gasteiger partial charge in [0.05, 0.1) is 7.05 Å². The minimum Gasteiger partial charge on any atom is -0.229 e. The van der Waals surface area contributed by atoms with Crippen LogP contribution in [0.2, 0.25) is 5.02 Å². The molecule has 2 nitrogen and oxygen atoms in total. The number of amides is 1. The van der Waals surface area contributed by atoms with Crippen molar-refractivity contribution in [2.75, 3.05) is 12.9 Å². The van der Waals surface area contributed by atoms with E-state index in [0.29, 0.717) is 5.02 Å². The lowest BCUT2D eigenvalue weighted by Gasteiger charge is -2.32. The molecular formula is C16H16Cl2NO+. The number of hydrogen-bond donors (Lipinski definition) is 0. The van der Waals surface area contributed by atoms with Crippen molar-refractivity contribution in [3.8, 4) is 0 Å². The van der Waals surface area contributed by atoms with E-state index >= 15 is 0 Å². The van der Waals surface area contributed by atoms with Crippen LogP contribution in [0.25, 0.3) is 0 Å². The van der Waals surface area contributed by atoms with E-state index in [1.807, 2.05) is 56.4 Å². The Balaban J connectivity index is 2.75. The van der Waals surface area contributed by atoms with Crippen molar-refractivity contribution >= 4 is 40.5 Å². The highest BCUT2D eigenvalue weighted by Crippen LogP contribution is 2.40. The van der Waals surface area contributed by atoms with Crippen LogP contribution in [-0.2, 0) is 4.79 Å². The number of hydrogen-bond acceptors (Lipinski definition) is 1. The fraction of sp³-hybridized carbons (Fsp3) is 0.188. The van der Waals surface area contributed by atoms with Gasteiger partial charge in [-0.05, 0) is 13.0 Å². The summed E-state index contributed by atoms with van der Waals surface area (Å²) >= 11 is 12.2. The largest absolute Gasteiger partial charge is 0.338 e.